The molecule has 0 aromatic heterocycles. The van der Waals surface area contributed by atoms with E-state index in [2.05, 4.69) is 0 Å². The van der Waals surface area contributed by atoms with Crippen LogP contribution >= 0.6 is 0 Å². The highest BCUT2D eigenvalue weighted by atomic mass is 16.5. The third-order valence-electron chi connectivity index (χ3n) is 4.55. The Kier molecular flexibility index (Phi) is 4.05. The molecule has 1 aromatic rings. The zero-order chi connectivity index (χ0) is 15.7. The van der Waals surface area contributed by atoms with Crippen molar-refractivity contribution in [1.29, 1.82) is 0 Å². The van der Waals surface area contributed by atoms with Gasteiger partial charge in [-0.05, 0) is 36.8 Å². The predicted octanol–water partition coefficient (Wildman–Crippen LogP) is 1.67. The van der Waals surface area contributed by atoms with Crippen LogP contribution in [0.5, 0.6) is 5.75 Å². The van der Waals surface area contributed by atoms with E-state index < -0.39 is 0 Å². The molecule has 0 radical (unpaired) electrons. The maximum Gasteiger partial charge on any atom is 0.257 e. The monoisotopic (exact) mass is 302 g/mol. The van der Waals surface area contributed by atoms with E-state index in [0.29, 0.717) is 36.9 Å². The minimum atomic E-state index is -0.332. The summed E-state index contributed by atoms with van der Waals surface area (Å²) in [5.41, 5.74) is 5.98. The molecule has 118 valence electrons. The van der Waals surface area contributed by atoms with Gasteiger partial charge in [-0.25, -0.2) is 0 Å². The average molecular weight is 302 g/mol. The summed E-state index contributed by atoms with van der Waals surface area (Å²) in [6.07, 6.45) is 2.42. The van der Waals surface area contributed by atoms with Gasteiger partial charge in [0.1, 0.15) is 5.75 Å². The van der Waals surface area contributed by atoms with Gasteiger partial charge in [0.2, 0.25) is 5.91 Å². The average Bonchev–Trinajstić information content (AvgIpc) is 3.25. The molecule has 0 spiro atoms. The highest BCUT2D eigenvalue weighted by Gasteiger charge is 2.36. The molecule has 1 heterocycles. The topological polar surface area (TPSA) is 72.6 Å². The number of hydrogen-bond acceptors (Lipinski definition) is 3. The first-order valence-electron chi connectivity index (χ1n) is 7.86. The predicted molar refractivity (Wildman–Crippen MR) is 82.4 cm³/mol. The van der Waals surface area contributed by atoms with Gasteiger partial charge in [-0.2, -0.15) is 0 Å². The third kappa shape index (κ3) is 3.08. The minimum absolute atomic E-state index is 0.0815. The van der Waals surface area contributed by atoms with Crippen molar-refractivity contribution in [2.45, 2.75) is 19.8 Å². The fourth-order valence-corrected chi connectivity index (χ4v) is 2.93. The summed E-state index contributed by atoms with van der Waals surface area (Å²) in [5, 5.41) is 0. The van der Waals surface area contributed by atoms with Crippen LogP contribution in [0.25, 0.3) is 0 Å². The summed E-state index contributed by atoms with van der Waals surface area (Å²) in [6.45, 7) is 3.58. The number of ether oxygens (including phenoxy) is 1. The number of amides is 2. The molecule has 0 unspecified atom stereocenters. The van der Waals surface area contributed by atoms with Crippen LogP contribution in [0.4, 0.5) is 0 Å². The summed E-state index contributed by atoms with van der Waals surface area (Å²) >= 11 is 0. The van der Waals surface area contributed by atoms with E-state index in [9.17, 15) is 9.59 Å². The van der Waals surface area contributed by atoms with E-state index in [0.717, 1.165) is 0 Å². The molecule has 22 heavy (non-hydrogen) atoms. The van der Waals surface area contributed by atoms with Gasteiger partial charge in [-0.15, -0.1) is 0 Å². The fraction of sp³-hybridized carbons (Fsp3) is 0.529. The number of primary amides is 1. The van der Waals surface area contributed by atoms with Gasteiger partial charge in [-0.3, -0.25) is 9.59 Å². The number of nitrogens with zero attached hydrogens (tertiary/aromatic N) is 1. The fourth-order valence-electron chi connectivity index (χ4n) is 2.93. The zero-order valence-electron chi connectivity index (χ0n) is 12.8. The Hall–Kier alpha value is -2.04. The molecule has 5 heteroatoms. The number of likely N-dealkylation sites (tertiary alicyclic amines) is 1. The summed E-state index contributed by atoms with van der Waals surface area (Å²) in [5.74, 6) is 0.691. The Morgan fingerprint density at radius 1 is 1.27 bits per heavy atom. The highest BCUT2D eigenvalue weighted by Crippen LogP contribution is 2.31. The zero-order valence-corrected chi connectivity index (χ0v) is 12.8. The molecular formula is C17H22N2O3. The number of nitrogens with two attached hydrogens (primary N) is 1. The van der Waals surface area contributed by atoms with Gasteiger partial charge in [0.05, 0.1) is 18.1 Å². The molecule has 1 saturated heterocycles. The second kappa shape index (κ2) is 5.99. The van der Waals surface area contributed by atoms with Crippen molar-refractivity contribution in [2.24, 2.45) is 23.5 Å². The van der Waals surface area contributed by atoms with E-state index >= 15 is 0 Å². The third-order valence-corrected chi connectivity index (χ3v) is 4.55. The molecule has 2 aliphatic rings. The first kappa shape index (κ1) is 14.9. The molecule has 1 aromatic carbocycles. The van der Waals surface area contributed by atoms with Crippen LogP contribution in [-0.4, -0.2) is 36.4 Å². The molecule has 1 aliphatic heterocycles. The Morgan fingerprint density at radius 2 is 2.00 bits per heavy atom. The van der Waals surface area contributed by atoms with Crippen molar-refractivity contribution in [3.05, 3.63) is 29.8 Å². The van der Waals surface area contributed by atoms with E-state index in [4.69, 9.17) is 10.5 Å². The lowest BCUT2D eigenvalue weighted by Gasteiger charge is -2.18. The standard InChI is InChI=1S/C17H22N2O3/c1-11-8-19(9-14(11)16(18)20)17(21)13-4-2-3-5-15(13)22-10-12-6-7-12/h2-5,11-12,14H,6-10H2,1H3,(H2,18,20)/t11-,14-/m1/s1. The van der Waals surface area contributed by atoms with Crippen molar-refractivity contribution in [1.82, 2.24) is 4.90 Å². The van der Waals surface area contributed by atoms with Crippen LogP contribution < -0.4 is 10.5 Å². The van der Waals surface area contributed by atoms with E-state index in [1.807, 2.05) is 25.1 Å². The molecule has 1 saturated carbocycles. The molecule has 2 fully saturated rings. The second-order valence-corrected chi connectivity index (χ2v) is 6.45. The number of para-hydroxylation sites is 1. The van der Waals surface area contributed by atoms with Crippen LogP contribution in [0.1, 0.15) is 30.1 Å². The smallest absolute Gasteiger partial charge is 0.257 e. The van der Waals surface area contributed by atoms with Gasteiger partial charge in [0.15, 0.2) is 0 Å². The number of benzene rings is 1. The molecule has 3 rings (SSSR count). The molecule has 2 amide bonds. The maximum absolute atomic E-state index is 12.7. The van der Waals surface area contributed by atoms with Crippen molar-refractivity contribution in [3.8, 4) is 5.75 Å². The van der Waals surface area contributed by atoms with Crippen LogP contribution in [0, 0.1) is 17.8 Å². The van der Waals surface area contributed by atoms with E-state index in [1.165, 1.54) is 12.8 Å². The number of carbonyl (C=O) groups is 2. The molecule has 5 nitrogen and oxygen atoms in total. The Balaban J connectivity index is 1.73. The van der Waals surface area contributed by atoms with Crippen molar-refractivity contribution in [3.63, 3.8) is 0 Å². The lowest BCUT2D eigenvalue weighted by atomic mass is 9.98. The first-order chi connectivity index (χ1) is 10.6. The number of rotatable bonds is 5. The summed E-state index contributed by atoms with van der Waals surface area (Å²) in [6, 6.07) is 7.33. The summed E-state index contributed by atoms with van der Waals surface area (Å²) < 4.78 is 5.80. The van der Waals surface area contributed by atoms with Gasteiger partial charge in [0, 0.05) is 13.1 Å². The van der Waals surface area contributed by atoms with Gasteiger partial charge < -0.3 is 15.4 Å². The maximum atomic E-state index is 12.7. The van der Waals surface area contributed by atoms with Crippen LogP contribution in [-0.2, 0) is 4.79 Å². The van der Waals surface area contributed by atoms with Crippen molar-refractivity contribution in [2.75, 3.05) is 19.7 Å². The first-order valence-corrected chi connectivity index (χ1v) is 7.86. The van der Waals surface area contributed by atoms with Gasteiger partial charge in [-0.1, -0.05) is 19.1 Å². The molecule has 1 aliphatic carbocycles. The second-order valence-electron chi connectivity index (χ2n) is 6.45. The van der Waals surface area contributed by atoms with E-state index in [-0.39, 0.29) is 23.7 Å². The largest absolute Gasteiger partial charge is 0.492 e. The summed E-state index contributed by atoms with van der Waals surface area (Å²) in [4.78, 5) is 25.9. The quantitative estimate of drug-likeness (QED) is 0.899. The van der Waals surface area contributed by atoms with Gasteiger partial charge in [0.25, 0.3) is 5.91 Å². The van der Waals surface area contributed by atoms with Crippen LogP contribution in [0.15, 0.2) is 24.3 Å². The lowest BCUT2D eigenvalue weighted by Crippen LogP contribution is -2.32. The van der Waals surface area contributed by atoms with Gasteiger partial charge >= 0.3 is 0 Å². The molecule has 2 atom stereocenters. The van der Waals surface area contributed by atoms with E-state index in [1.54, 1.807) is 11.0 Å². The Bertz CT molecular complexity index is 583. The molecule has 2 N–H and O–H groups in total. The number of hydrogen-bond donors (Lipinski definition) is 1. The Labute approximate surface area is 130 Å². The minimum Gasteiger partial charge on any atom is -0.492 e. The molecular weight excluding hydrogens is 280 g/mol. The normalized spacial score (nSPS) is 24.3. The van der Waals surface area contributed by atoms with Crippen molar-refractivity contribution < 1.29 is 14.3 Å². The Morgan fingerprint density at radius 3 is 2.64 bits per heavy atom. The van der Waals surface area contributed by atoms with Crippen LogP contribution in [0.2, 0.25) is 0 Å². The lowest BCUT2D eigenvalue weighted by molar-refractivity contribution is -0.122. The number of carbonyl (C=O) groups excluding carboxylic acids is 2. The van der Waals surface area contributed by atoms with Crippen molar-refractivity contribution >= 4 is 11.8 Å². The highest BCUT2D eigenvalue weighted by molar-refractivity contribution is 5.97. The van der Waals surface area contributed by atoms with Crippen LogP contribution in [0.3, 0.4) is 0 Å². The molecule has 0 bridgehead atoms. The summed E-state index contributed by atoms with van der Waals surface area (Å²) in [7, 11) is 0. The SMILES string of the molecule is C[C@@H]1CN(C(=O)c2ccccc2OCC2CC2)C[C@H]1C(N)=O.